The highest BCUT2D eigenvalue weighted by Gasteiger charge is 2.33. The fraction of sp³-hybridized carbons (Fsp3) is 0.750. The van der Waals surface area contributed by atoms with Crippen molar-refractivity contribution >= 4 is 11.6 Å². The molecule has 1 rings (SSSR count). The van der Waals surface area contributed by atoms with Crippen LogP contribution in [0.4, 0.5) is 0 Å². The van der Waals surface area contributed by atoms with Gasteiger partial charge in [0, 0.05) is 19.0 Å². The molecule has 0 bridgehead atoms. The third-order valence-electron chi connectivity index (χ3n) is 3.51. The first-order valence-electron chi connectivity index (χ1n) is 5.94. The van der Waals surface area contributed by atoms with Crippen molar-refractivity contribution in [2.45, 2.75) is 51.7 Å². The number of nitrogens with zero attached hydrogens (tertiary/aromatic N) is 2. The predicted octanol–water partition coefficient (Wildman–Crippen LogP) is 1.84. The molecule has 0 aliphatic rings. The van der Waals surface area contributed by atoms with Gasteiger partial charge in [0.15, 0.2) is 0 Å². The molecule has 0 radical (unpaired) electrons. The molecule has 0 aromatic carbocycles. The molecule has 0 saturated heterocycles. The van der Waals surface area contributed by atoms with Gasteiger partial charge in [0.05, 0.1) is 17.4 Å². The number of aliphatic hydroxyl groups excluding tert-OH is 1. The minimum Gasteiger partial charge on any atom is -0.390 e. The van der Waals surface area contributed by atoms with Gasteiger partial charge >= 0.3 is 0 Å². The lowest BCUT2D eigenvalue weighted by Gasteiger charge is -2.31. The second-order valence-electron chi connectivity index (χ2n) is 4.51. The van der Waals surface area contributed by atoms with E-state index in [0.717, 1.165) is 11.3 Å². The van der Waals surface area contributed by atoms with E-state index in [0.29, 0.717) is 24.4 Å². The van der Waals surface area contributed by atoms with E-state index in [4.69, 9.17) is 11.6 Å². The molecule has 1 atom stereocenters. The monoisotopic (exact) mass is 260 g/mol. The van der Waals surface area contributed by atoms with Crippen LogP contribution >= 0.6 is 11.6 Å². The SMILES string of the molecule is CCC(O)(CC)C(O)Cc1c(C)nn(C)c1Cl. The molecule has 17 heavy (non-hydrogen) atoms. The number of hydrogen-bond acceptors (Lipinski definition) is 3. The van der Waals surface area contributed by atoms with E-state index >= 15 is 0 Å². The van der Waals surface area contributed by atoms with Crippen molar-refractivity contribution in [3.8, 4) is 0 Å². The van der Waals surface area contributed by atoms with Crippen molar-refractivity contribution in [2.75, 3.05) is 0 Å². The molecule has 98 valence electrons. The number of aryl methyl sites for hydroxylation is 2. The third-order valence-corrected chi connectivity index (χ3v) is 3.98. The van der Waals surface area contributed by atoms with Gasteiger partial charge in [0.25, 0.3) is 0 Å². The van der Waals surface area contributed by atoms with Gasteiger partial charge in [-0.3, -0.25) is 4.68 Å². The van der Waals surface area contributed by atoms with Gasteiger partial charge in [0.1, 0.15) is 5.15 Å². The van der Waals surface area contributed by atoms with E-state index < -0.39 is 11.7 Å². The Labute approximate surface area is 107 Å². The molecule has 1 unspecified atom stereocenters. The molecule has 0 spiro atoms. The first-order valence-corrected chi connectivity index (χ1v) is 6.31. The summed E-state index contributed by atoms with van der Waals surface area (Å²) in [5, 5.41) is 25.1. The number of halogens is 1. The third kappa shape index (κ3) is 2.81. The summed E-state index contributed by atoms with van der Waals surface area (Å²) in [6.45, 7) is 5.58. The summed E-state index contributed by atoms with van der Waals surface area (Å²) in [6.07, 6.45) is 0.540. The standard InChI is InChI=1S/C12H21ClN2O2/c1-5-12(17,6-2)10(16)7-9-8(3)14-15(4)11(9)13/h10,16-17H,5-7H2,1-4H3. The van der Waals surface area contributed by atoms with E-state index in [2.05, 4.69) is 5.10 Å². The minimum atomic E-state index is -1.05. The molecule has 1 aromatic heterocycles. The molecular weight excluding hydrogens is 240 g/mol. The molecule has 0 aliphatic carbocycles. The van der Waals surface area contributed by atoms with Gasteiger partial charge in [-0.15, -0.1) is 0 Å². The highest BCUT2D eigenvalue weighted by molar-refractivity contribution is 6.30. The van der Waals surface area contributed by atoms with Crippen molar-refractivity contribution < 1.29 is 10.2 Å². The lowest BCUT2D eigenvalue weighted by atomic mass is 9.87. The lowest BCUT2D eigenvalue weighted by molar-refractivity contribution is -0.0790. The predicted molar refractivity (Wildman–Crippen MR) is 68.2 cm³/mol. The number of aromatic nitrogens is 2. The maximum Gasteiger partial charge on any atom is 0.130 e. The Bertz CT molecular complexity index is 386. The highest BCUT2D eigenvalue weighted by Crippen LogP contribution is 2.26. The van der Waals surface area contributed by atoms with Gasteiger partial charge < -0.3 is 10.2 Å². The fourth-order valence-electron chi connectivity index (χ4n) is 2.01. The Hall–Kier alpha value is -0.580. The van der Waals surface area contributed by atoms with Gasteiger partial charge in [-0.25, -0.2) is 0 Å². The molecule has 0 amide bonds. The van der Waals surface area contributed by atoms with Crippen molar-refractivity contribution in [3.05, 3.63) is 16.4 Å². The topological polar surface area (TPSA) is 58.3 Å². The maximum atomic E-state index is 10.2. The van der Waals surface area contributed by atoms with Gasteiger partial charge in [-0.1, -0.05) is 25.4 Å². The van der Waals surface area contributed by atoms with Gasteiger partial charge in [-0.05, 0) is 19.8 Å². The Morgan fingerprint density at radius 2 is 1.94 bits per heavy atom. The van der Waals surface area contributed by atoms with Gasteiger partial charge in [-0.2, -0.15) is 5.10 Å². The summed E-state index contributed by atoms with van der Waals surface area (Å²) in [4.78, 5) is 0. The molecular formula is C12H21ClN2O2. The Morgan fingerprint density at radius 3 is 2.29 bits per heavy atom. The largest absolute Gasteiger partial charge is 0.390 e. The quantitative estimate of drug-likeness (QED) is 0.849. The lowest BCUT2D eigenvalue weighted by Crippen LogP contribution is -2.42. The molecule has 2 N–H and O–H groups in total. The zero-order valence-electron chi connectivity index (χ0n) is 10.9. The zero-order valence-corrected chi connectivity index (χ0v) is 11.6. The van der Waals surface area contributed by atoms with Crippen LogP contribution in [0, 0.1) is 6.92 Å². The normalized spacial score (nSPS) is 14.1. The van der Waals surface area contributed by atoms with E-state index in [1.807, 2.05) is 20.8 Å². The summed E-state index contributed by atoms with van der Waals surface area (Å²) in [7, 11) is 1.76. The first-order chi connectivity index (χ1) is 7.85. The van der Waals surface area contributed by atoms with Crippen molar-refractivity contribution in [2.24, 2.45) is 7.05 Å². The minimum absolute atomic E-state index is 0.330. The van der Waals surface area contributed by atoms with Crippen LogP contribution in [0.2, 0.25) is 5.15 Å². The molecule has 0 saturated carbocycles. The van der Waals surface area contributed by atoms with Crippen LogP contribution in [0.5, 0.6) is 0 Å². The van der Waals surface area contributed by atoms with Crippen LogP contribution in [-0.4, -0.2) is 31.7 Å². The second kappa shape index (κ2) is 5.38. The van der Waals surface area contributed by atoms with Crippen molar-refractivity contribution in [1.82, 2.24) is 9.78 Å². The molecule has 1 aromatic rings. The number of rotatable bonds is 5. The average Bonchev–Trinajstić information content (AvgIpc) is 2.54. The van der Waals surface area contributed by atoms with Crippen LogP contribution in [-0.2, 0) is 13.5 Å². The Kier molecular flexibility index (Phi) is 4.58. The Morgan fingerprint density at radius 1 is 1.41 bits per heavy atom. The first kappa shape index (κ1) is 14.5. The highest BCUT2D eigenvalue weighted by atomic mass is 35.5. The van der Waals surface area contributed by atoms with E-state index in [-0.39, 0.29) is 0 Å². The smallest absolute Gasteiger partial charge is 0.130 e. The van der Waals surface area contributed by atoms with Crippen LogP contribution < -0.4 is 0 Å². The summed E-state index contributed by atoms with van der Waals surface area (Å²) in [5.41, 5.74) is 0.555. The van der Waals surface area contributed by atoms with Gasteiger partial charge in [0.2, 0.25) is 0 Å². The summed E-state index contributed by atoms with van der Waals surface area (Å²) in [6, 6.07) is 0. The number of hydrogen-bond donors (Lipinski definition) is 2. The molecule has 4 nitrogen and oxygen atoms in total. The molecule has 1 heterocycles. The van der Waals surface area contributed by atoms with Crippen LogP contribution in [0.15, 0.2) is 0 Å². The summed E-state index contributed by atoms with van der Waals surface area (Å²) >= 11 is 6.10. The van der Waals surface area contributed by atoms with Crippen molar-refractivity contribution in [1.29, 1.82) is 0 Å². The van der Waals surface area contributed by atoms with Crippen LogP contribution in [0.3, 0.4) is 0 Å². The van der Waals surface area contributed by atoms with E-state index in [1.54, 1.807) is 11.7 Å². The maximum absolute atomic E-state index is 10.2. The average molecular weight is 261 g/mol. The molecule has 0 fully saturated rings. The molecule has 5 heteroatoms. The zero-order chi connectivity index (χ0) is 13.2. The fourth-order valence-corrected chi connectivity index (χ4v) is 2.26. The van der Waals surface area contributed by atoms with Crippen LogP contribution in [0.1, 0.15) is 37.9 Å². The summed E-state index contributed by atoms with van der Waals surface area (Å²) < 4.78 is 1.58. The Balaban J connectivity index is 2.91. The summed E-state index contributed by atoms with van der Waals surface area (Å²) in [5.74, 6) is 0. The number of aliphatic hydroxyl groups is 2. The second-order valence-corrected chi connectivity index (χ2v) is 4.87. The van der Waals surface area contributed by atoms with Crippen molar-refractivity contribution in [3.63, 3.8) is 0 Å². The van der Waals surface area contributed by atoms with E-state index in [9.17, 15) is 10.2 Å². The molecule has 0 aliphatic heterocycles. The van der Waals surface area contributed by atoms with E-state index in [1.165, 1.54) is 0 Å². The van der Waals surface area contributed by atoms with Crippen LogP contribution in [0.25, 0.3) is 0 Å².